The Morgan fingerprint density at radius 3 is 2.76 bits per heavy atom. The number of aromatic nitrogens is 2. The molecule has 0 aliphatic carbocycles. The predicted molar refractivity (Wildman–Crippen MR) is 65.6 cm³/mol. The Kier molecular flexibility index (Phi) is 3.88. The molecule has 0 radical (unpaired) electrons. The van der Waals surface area contributed by atoms with E-state index >= 15 is 0 Å². The molecule has 0 spiro atoms. The van der Waals surface area contributed by atoms with E-state index in [9.17, 15) is 0 Å². The fourth-order valence-corrected chi connectivity index (χ4v) is 1.64. The van der Waals surface area contributed by atoms with Gasteiger partial charge in [-0.2, -0.15) is 4.98 Å². The molecule has 17 heavy (non-hydrogen) atoms. The molecule has 1 N–H and O–H groups in total. The van der Waals surface area contributed by atoms with Gasteiger partial charge in [-0.3, -0.25) is 0 Å². The fraction of sp³-hybridized carbons (Fsp3) is 0.385. The third kappa shape index (κ3) is 2.91. The summed E-state index contributed by atoms with van der Waals surface area (Å²) < 4.78 is 5.28. The van der Waals surface area contributed by atoms with Crippen molar-refractivity contribution >= 4 is 0 Å². The molecule has 1 aromatic heterocycles. The second-order valence-electron chi connectivity index (χ2n) is 3.96. The standard InChI is InChI=1S/C13H17N3O/c1-3-14-9-12-15-13(17-16-12)10(2)11-7-5-4-6-8-11/h4-8,10,14H,3,9H2,1-2H3. The quantitative estimate of drug-likeness (QED) is 0.858. The summed E-state index contributed by atoms with van der Waals surface area (Å²) in [7, 11) is 0. The van der Waals surface area contributed by atoms with Crippen molar-refractivity contribution in [2.45, 2.75) is 26.3 Å². The molecule has 2 rings (SSSR count). The molecule has 90 valence electrons. The van der Waals surface area contributed by atoms with E-state index in [0.29, 0.717) is 18.3 Å². The Hall–Kier alpha value is -1.68. The minimum absolute atomic E-state index is 0.138. The molecular weight excluding hydrogens is 214 g/mol. The van der Waals surface area contributed by atoms with Crippen molar-refractivity contribution in [1.29, 1.82) is 0 Å². The van der Waals surface area contributed by atoms with Crippen LogP contribution in [0.4, 0.5) is 0 Å². The van der Waals surface area contributed by atoms with Gasteiger partial charge in [0.15, 0.2) is 5.82 Å². The second kappa shape index (κ2) is 5.59. The molecule has 0 amide bonds. The number of rotatable bonds is 5. The van der Waals surface area contributed by atoms with E-state index in [1.165, 1.54) is 5.56 Å². The van der Waals surface area contributed by atoms with Crippen molar-refractivity contribution in [3.05, 3.63) is 47.6 Å². The van der Waals surface area contributed by atoms with Gasteiger partial charge in [0, 0.05) is 0 Å². The summed E-state index contributed by atoms with van der Waals surface area (Å²) in [5, 5.41) is 7.12. The van der Waals surface area contributed by atoms with Crippen molar-refractivity contribution in [2.24, 2.45) is 0 Å². The third-order valence-electron chi connectivity index (χ3n) is 2.69. The molecule has 0 bridgehead atoms. The van der Waals surface area contributed by atoms with Crippen LogP contribution in [0.5, 0.6) is 0 Å². The van der Waals surface area contributed by atoms with Crippen molar-refractivity contribution in [3.8, 4) is 0 Å². The van der Waals surface area contributed by atoms with E-state index in [1.54, 1.807) is 0 Å². The van der Waals surface area contributed by atoms with Crippen molar-refractivity contribution in [2.75, 3.05) is 6.54 Å². The molecule has 0 fully saturated rings. The average Bonchev–Trinajstić information content (AvgIpc) is 2.85. The first kappa shape index (κ1) is 11.8. The summed E-state index contributed by atoms with van der Waals surface area (Å²) in [6.45, 7) is 5.67. The average molecular weight is 231 g/mol. The van der Waals surface area contributed by atoms with Gasteiger partial charge in [-0.05, 0) is 19.0 Å². The zero-order valence-corrected chi connectivity index (χ0v) is 10.2. The van der Waals surface area contributed by atoms with E-state index < -0.39 is 0 Å². The van der Waals surface area contributed by atoms with Gasteiger partial charge in [0.25, 0.3) is 0 Å². The van der Waals surface area contributed by atoms with Crippen LogP contribution in [0.25, 0.3) is 0 Å². The topological polar surface area (TPSA) is 51.0 Å². The lowest BCUT2D eigenvalue weighted by Crippen LogP contribution is -2.12. The van der Waals surface area contributed by atoms with Crippen LogP contribution in [0.3, 0.4) is 0 Å². The molecule has 1 atom stereocenters. The lowest BCUT2D eigenvalue weighted by atomic mass is 10.0. The van der Waals surface area contributed by atoms with Gasteiger partial charge in [0.05, 0.1) is 12.5 Å². The van der Waals surface area contributed by atoms with Gasteiger partial charge in [0.2, 0.25) is 5.89 Å². The van der Waals surface area contributed by atoms with Crippen LogP contribution < -0.4 is 5.32 Å². The predicted octanol–water partition coefficient (Wildman–Crippen LogP) is 2.33. The van der Waals surface area contributed by atoms with E-state index in [2.05, 4.69) is 34.5 Å². The molecule has 1 heterocycles. The molecule has 0 saturated carbocycles. The monoisotopic (exact) mass is 231 g/mol. The minimum Gasteiger partial charge on any atom is -0.339 e. The first-order valence-electron chi connectivity index (χ1n) is 5.89. The maximum Gasteiger partial charge on any atom is 0.233 e. The van der Waals surface area contributed by atoms with Crippen LogP contribution in [0, 0.1) is 0 Å². The van der Waals surface area contributed by atoms with Crippen LogP contribution in [0.2, 0.25) is 0 Å². The van der Waals surface area contributed by atoms with Gasteiger partial charge in [-0.1, -0.05) is 42.4 Å². The summed E-state index contributed by atoms with van der Waals surface area (Å²) in [6, 6.07) is 10.2. The molecule has 0 aliphatic rings. The lowest BCUT2D eigenvalue weighted by molar-refractivity contribution is 0.364. The Morgan fingerprint density at radius 2 is 2.06 bits per heavy atom. The Balaban J connectivity index is 2.09. The highest BCUT2D eigenvalue weighted by atomic mass is 16.5. The zero-order valence-electron chi connectivity index (χ0n) is 10.2. The highest BCUT2D eigenvalue weighted by molar-refractivity contribution is 5.23. The molecule has 4 nitrogen and oxygen atoms in total. The summed E-state index contributed by atoms with van der Waals surface area (Å²) in [4.78, 5) is 4.38. The van der Waals surface area contributed by atoms with Crippen LogP contribution >= 0.6 is 0 Å². The first-order chi connectivity index (χ1) is 8.31. The van der Waals surface area contributed by atoms with Crippen LogP contribution in [-0.2, 0) is 6.54 Å². The number of nitrogens with zero attached hydrogens (tertiary/aromatic N) is 2. The van der Waals surface area contributed by atoms with Gasteiger partial charge in [-0.15, -0.1) is 0 Å². The third-order valence-corrected chi connectivity index (χ3v) is 2.69. The molecule has 1 unspecified atom stereocenters. The molecule has 0 saturated heterocycles. The number of benzene rings is 1. The van der Waals surface area contributed by atoms with E-state index in [4.69, 9.17) is 4.52 Å². The van der Waals surface area contributed by atoms with Crippen LogP contribution in [0.1, 0.15) is 37.0 Å². The van der Waals surface area contributed by atoms with Crippen LogP contribution in [-0.4, -0.2) is 16.7 Å². The lowest BCUT2D eigenvalue weighted by Gasteiger charge is -2.05. The summed E-state index contributed by atoms with van der Waals surface area (Å²) >= 11 is 0. The first-order valence-corrected chi connectivity index (χ1v) is 5.89. The van der Waals surface area contributed by atoms with Crippen molar-refractivity contribution in [3.63, 3.8) is 0 Å². The summed E-state index contributed by atoms with van der Waals surface area (Å²) in [5.74, 6) is 1.52. The largest absolute Gasteiger partial charge is 0.339 e. The van der Waals surface area contributed by atoms with Crippen molar-refractivity contribution in [1.82, 2.24) is 15.5 Å². The van der Waals surface area contributed by atoms with E-state index in [1.807, 2.05) is 25.1 Å². The second-order valence-corrected chi connectivity index (χ2v) is 3.96. The Bertz CT molecular complexity index is 453. The molecule has 1 aromatic carbocycles. The highest BCUT2D eigenvalue weighted by Gasteiger charge is 2.15. The van der Waals surface area contributed by atoms with Crippen LogP contribution in [0.15, 0.2) is 34.9 Å². The van der Waals surface area contributed by atoms with Gasteiger partial charge < -0.3 is 9.84 Å². The molecule has 2 aromatic rings. The van der Waals surface area contributed by atoms with E-state index in [-0.39, 0.29) is 5.92 Å². The molecule has 4 heteroatoms. The normalized spacial score (nSPS) is 12.6. The maximum atomic E-state index is 5.28. The van der Waals surface area contributed by atoms with Gasteiger partial charge in [0.1, 0.15) is 0 Å². The van der Waals surface area contributed by atoms with Gasteiger partial charge in [-0.25, -0.2) is 0 Å². The minimum atomic E-state index is 0.138. The molecule has 0 aliphatic heterocycles. The van der Waals surface area contributed by atoms with Crippen molar-refractivity contribution < 1.29 is 4.52 Å². The maximum absolute atomic E-state index is 5.28. The number of hydrogen-bond donors (Lipinski definition) is 1. The zero-order chi connectivity index (χ0) is 12.1. The smallest absolute Gasteiger partial charge is 0.233 e. The number of hydrogen-bond acceptors (Lipinski definition) is 4. The van der Waals surface area contributed by atoms with E-state index in [0.717, 1.165) is 6.54 Å². The fourth-order valence-electron chi connectivity index (χ4n) is 1.64. The Labute approximate surface area is 101 Å². The van der Waals surface area contributed by atoms with Gasteiger partial charge >= 0.3 is 0 Å². The summed E-state index contributed by atoms with van der Waals surface area (Å²) in [6.07, 6.45) is 0. The Morgan fingerprint density at radius 1 is 1.29 bits per heavy atom. The summed E-state index contributed by atoms with van der Waals surface area (Å²) in [5.41, 5.74) is 1.19. The molecular formula is C13H17N3O. The SMILES string of the molecule is CCNCc1noc(C(C)c2ccccc2)n1. The highest BCUT2D eigenvalue weighted by Crippen LogP contribution is 2.21. The number of nitrogens with one attached hydrogen (secondary N) is 1.